The summed E-state index contributed by atoms with van der Waals surface area (Å²) in [7, 11) is 0. The Morgan fingerprint density at radius 1 is 1.00 bits per heavy atom. The number of rotatable bonds is 7. The maximum atomic E-state index is 9.91. The largest absolute Gasteiger partial charge is 0.494 e. The first-order valence-electron chi connectivity index (χ1n) is 7.33. The summed E-state index contributed by atoms with van der Waals surface area (Å²) in [6.45, 7) is 0.143. The fraction of sp³-hybridized carbons (Fsp3) is 0.600. The molecule has 1 fully saturated rings. The van der Waals surface area contributed by atoms with Crippen LogP contribution in [0.4, 0.5) is 0 Å². The topological polar surface area (TPSA) is 109 Å². The van der Waals surface area contributed by atoms with Gasteiger partial charge in [-0.25, -0.2) is 0 Å². The van der Waals surface area contributed by atoms with Gasteiger partial charge in [0.05, 0.1) is 13.2 Å². The van der Waals surface area contributed by atoms with Crippen LogP contribution < -0.4 is 9.47 Å². The van der Waals surface area contributed by atoms with Crippen molar-refractivity contribution < 1.29 is 34.6 Å². The third-order valence-corrected chi connectivity index (χ3v) is 4.23. The van der Waals surface area contributed by atoms with Crippen LogP contribution in [0.25, 0.3) is 0 Å². The summed E-state index contributed by atoms with van der Waals surface area (Å²) in [4.78, 5) is 0. The van der Waals surface area contributed by atoms with Crippen LogP contribution in [-0.2, 0) is 4.74 Å². The number of ether oxygens (including phenoxy) is 3. The molecule has 0 spiro atoms. The van der Waals surface area contributed by atoms with Crippen LogP contribution in [-0.4, -0.2) is 68.8 Å². The monoisotopic (exact) mass is 440 g/mol. The van der Waals surface area contributed by atoms with Crippen molar-refractivity contribution in [3.63, 3.8) is 0 Å². The van der Waals surface area contributed by atoms with Gasteiger partial charge in [0.2, 0.25) is 6.29 Å². The maximum absolute atomic E-state index is 9.91. The molecule has 0 saturated carbocycles. The van der Waals surface area contributed by atoms with Gasteiger partial charge in [-0.3, -0.25) is 0 Å². The minimum atomic E-state index is -1.46. The molecular formula is C15H21IO7. The smallest absolute Gasteiger partial charge is 0.229 e. The van der Waals surface area contributed by atoms with Crippen molar-refractivity contribution in [3.8, 4) is 11.5 Å². The molecule has 0 amide bonds. The summed E-state index contributed by atoms with van der Waals surface area (Å²) in [5.74, 6) is 1.12. The molecule has 23 heavy (non-hydrogen) atoms. The highest BCUT2D eigenvalue weighted by atomic mass is 127. The molecule has 0 aromatic heterocycles. The third kappa shape index (κ3) is 4.91. The molecule has 7 nitrogen and oxygen atoms in total. The standard InChI is InChI=1S/C15H21IO7/c16-6-1-7-21-9-2-4-10(5-3-9)22-15-14(20)13(19)12(18)11(8-17)23-15/h2-5,11-15,17-20H,1,6-8H2/t11-,12-,13+,14-,15-/m1/s1. The molecule has 1 aliphatic rings. The summed E-state index contributed by atoms with van der Waals surface area (Å²) in [6.07, 6.45) is -5.49. The Morgan fingerprint density at radius 2 is 1.65 bits per heavy atom. The Morgan fingerprint density at radius 3 is 2.26 bits per heavy atom. The molecule has 0 unspecified atom stereocenters. The molecule has 4 N–H and O–H groups in total. The second-order valence-corrected chi connectivity index (χ2v) is 6.26. The molecule has 1 aromatic carbocycles. The second kappa shape index (κ2) is 9.00. The van der Waals surface area contributed by atoms with E-state index in [1.54, 1.807) is 24.3 Å². The van der Waals surface area contributed by atoms with Gasteiger partial charge >= 0.3 is 0 Å². The number of alkyl halides is 1. The molecule has 0 bridgehead atoms. The summed E-state index contributed by atoms with van der Waals surface area (Å²) < 4.78 is 17.3. The van der Waals surface area contributed by atoms with Crippen molar-refractivity contribution >= 4 is 22.6 Å². The van der Waals surface area contributed by atoms with E-state index in [2.05, 4.69) is 22.6 Å². The minimum absolute atomic E-state index is 0.413. The quantitative estimate of drug-likeness (QED) is 0.270. The van der Waals surface area contributed by atoms with Crippen LogP contribution in [0.5, 0.6) is 11.5 Å². The highest BCUT2D eigenvalue weighted by molar-refractivity contribution is 14.1. The fourth-order valence-corrected chi connectivity index (χ4v) is 2.47. The van der Waals surface area contributed by atoms with E-state index < -0.39 is 37.3 Å². The van der Waals surface area contributed by atoms with E-state index in [9.17, 15) is 15.3 Å². The zero-order chi connectivity index (χ0) is 16.8. The van der Waals surface area contributed by atoms with Crippen LogP contribution in [0.15, 0.2) is 24.3 Å². The van der Waals surface area contributed by atoms with Crippen molar-refractivity contribution in [1.82, 2.24) is 0 Å². The highest BCUT2D eigenvalue weighted by Crippen LogP contribution is 2.25. The Kier molecular flexibility index (Phi) is 7.31. The number of aliphatic hydroxyl groups excluding tert-OH is 4. The molecule has 1 aliphatic heterocycles. The van der Waals surface area contributed by atoms with Crippen LogP contribution >= 0.6 is 22.6 Å². The van der Waals surface area contributed by atoms with Gasteiger partial charge in [-0.2, -0.15) is 0 Å². The van der Waals surface area contributed by atoms with Crippen molar-refractivity contribution in [3.05, 3.63) is 24.3 Å². The van der Waals surface area contributed by atoms with Gasteiger partial charge in [0.25, 0.3) is 0 Å². The zero-order valence-corrected chi connectivity index (χ0v) is 14.6. The fourth-order valence-electron chi connectivity index (χ4n) is 2.16. The third-order valence-electron chi connectivity index (χ3n) is 3.47. The van der Waals surface area contributed by atoms with Gasteiger partial charge in [-0.1, -0.05) is 22.6 Å². The molecule has 8 heteroatoms. The van der Waals surface area contributed by atoms with Gasteiger partial charge in [0.1, 0.15) is 35.9 Å². The first-order valence-corrected chi connectivity index (χ1v) is 8.85. The Balaban J connectivity index is 1.95. The summed E-state index contributed by atoms with van der Waals surface area (Å²) in [5, 5.41) is 38.5. The molecular weight excluding hydrogens is 419 g/mol. The molecule has 1 saturated heterocycles. The normalized spacial score (nSPS) is 30.9. The average Bonchev–Trinajstić information content (AvgIpc) is 2.57. The summed E-state index contributed by atoms with van der Waals surface area (Å²) in [5.41, 5.74) is 0. The lowest BCUT2D eigenvalue weighted by Crippen LogP contribution is -2.60. The van der Waals surface area contributed by atoms with Crippen molar-refractivity contribution in [2.45, 2.75) is 37.1 Å². The Bertz CT molecular complexity index is 467. The van der Waals surface area contributed by atoms with Gasteiger partial charge in [0, 0.05) is 4.43 Å². The predicted molar refractivity (Wildman–Crippen MR) is 89.8 cm³/mol. The molecule has 0 radical (unpaired) electrons. The number of benzene rings is 1. The van der Waals surface area contributed by atoms with Crippen LogP contribution in [0.2, 0.25) is 0 Å². The van der Waals surface area contributed by atoms with Crippen molar-refractivity contribution in [1.29, 1.82) is 0 Å². The lowest BCUT2D eigenvalue weighted by Gasteiger charge is -2.39. The first-order chi connectivity index (χ1) is 11.1. The highest BCUT2D eigenvalue weighted by Gasteiger charge is 2.44. The predicted octanol–water partition coefficient (Wildman–Crippen LogP) is 0.0692. The first kappa shape index (κ1) is 18.7. The van der Waals surface area contributed by atoms with Crippen LogP contribution in [0.3, 0.4) is 0 Å². The van der Waals surface area contributed by atoms with E-state index in [0.717, 1.165) is 10.8 Å². The van der Waals surface area contributed by atoms with Crippen molar-refractivity contribution in [2.75, 3.05) is 17.6 Å². The Hall–Kier alpha value is -0.650. The van der Waals surface area contributed by atoms with Gasteiger partial charge in [-0.15, -0.1) is 0 Å². The van der Waals surface area contributed by atoms with E-state index in [0.29, 0.717) is 18.1 Å². The maximum Gasteiger partial charge on any atom is 0.229 e. The van der Waals surface area contributed by atoms with Gasteiger partial charge < -0.3 is 34.6 Å². The molecule has 1 heterocycles. The lowest BCUT2D eigenvalue weighted by molar-refractivity contribution is -0.277. The zero-order valence-electron chi connectivity index (χ0n) is 12.4. The lowest BCUT2D eigenvalue weighted by atomic mass is 9.99. The van der Waals surface area contributed by atoms with Crippen molar-refractivity contribution in [2.24, 2.45) is 0 Å². The number of hydrogen-bond acceptors (Lipinski definition) is 7. The SMILES string of the molecule is OC[C@H]1O[C@@H](Oc2ccc(OCCCI)cc2)[C@H](O)[C@@H](O)[C@@H]1O. The molecule has 5 atom stereocenters. The minimum Gasteiger partial charge on any atom is -0.494 e. The van der Waals surface area contributed by atoms with E-state index in [1.807, 2.05) is 0 Å². The molecule has 130 valence electrons. The van der Waals surface area contributed by atoms with E-state index in [4.69, 9.17) is 19.3 Å². The van der Waals surface area contributed by atoms with Crippen LogP contribution in [0, 0.1) is 0 Å². The summed E-state index contributed by atoms with van der Waals surface area (Å²) >= 11 is 2.28. The van der Waals surface area contributed by atoms with Gasteiger partial charge in [-0.05, 0) is 30.7 Å². The second-order valence-electron chi connectivity index (χ2n) is 5.18. The Labute approximate surface area is 147 Å². The van der Waals surface area contributed by atoms with Crippen LogP contribution in [0.1, 0.15) is 6.42 Å². The average molecular weight is 440 g/mol. The number of aliphatic hydroxyl groups is 4. The van der Waals surface area contributed by atoms with E-state index in [1.165, 1.54) is 0 Å². The molecule has 1 aromatic rings. The summed E-state index contributed by atoms with van der Waals surface area (Å²) in [6, 6.07) is 6.76. The van der Waals surface area contributed by atoms with Gasteiger partial charge in [0.15, 0.2) is 0 Å². The van der Waals surface area contributed by atoms with E-state index in [-0.39, 0.29) is 0 Å². The number of hydrogen-bond donors (Lipinski definition) is 4. The molecule has 2 rings (SSSR count). The van der Waals surface area contributed by atoms with E-state index >= 15 is 0 Å². The number of halogens is 1. The molecule has 0 aliphatic carbocycles.